The van der Waals surface area contributed by atoms with Crippen LogP contribution in [0.4, 0.5) is 0 Å². The van der Waals surface area contributed by atoms with Crippen molar-refractivity contribution in [3.05, 3.63) is 12.2 Å². The Labute approximate surface area is 59.5 Å². The second kappa shape index (κ2) is 4.96. The number of rotatable bonds is 4. The number of nitrogens with two attached hydrogens (primary N) is 2. The third-order valence-electron chi connectivity index (χ3n) is 1.01. The quantitative estimate of drug-likeness (QED) is 0.455. The average Bonchev–Trinajstić information content (AvgIpc) is 1.88. The standard InChI is InChI=1S/C6H12N2O2/c7-4-2-1-3-5(8)6(9)10/h1-2,5H,3-4,7-8H2,(H,9,10)/b2-1-/t5-/m1/s1. The summed E-state index contributed by atoms with van der Waals surface area (Å²) >= 11 is 0. The van der Waals surface area contributed by atoms with Gasteiger partial charge in [0.05, 0.1) is 0 Å². The molecule has 0 aliphatic carbocycles. The van der Waals surface area contributed by atoms with Crippen LogP contribution in [0.15, 0.2) is 12.2 Å². The molecule has 0 aromatic rings. The molecule has 0 fully saturated rings. The van der Waals surface area contributed by atoms with Crippen LogP contribution in [-0.4, -0.2) is 23.7 Å². The van der Waals surface area contributed by atoms with Gasteiger partial charge in [0, 0.05) is 6.54 Å². The SMILES string of the molecule is NC/C=C\C[C@@H](N)C(=O)O. The molecule has 0 bridgehead atoms. The van der Waals surface area contributed by atoms with Gasteiger partial charge in [-0.3, -0.25) is 4.79 Å². The maximum Gasteiger partial charge on any atom is 0.320 e. The van der Waals surface area contributed by atoms with Crippen molar-refractivity contribution >= 4 is 5.97 Å². The third kappa shape index (κ3) is 4.05. The van der Waals surface area contributed by atoms with Crippen molar-refractivity contribution in [2.24, 2.45) is 11.5 Å². The number of carboxylic acid groups (broad SMARTS) is 1. The first kappa shape index (κ1) is 9.13. The van der Waals surface area contributed by atoms with Crippen LogP contribution in [-0.2, 0) is 4.79 Å². The molecule has 10 heavy (non-hydrogen) atoms. The van der Waals surface area contributed by atoms with E-state index in [0.29, 0.717) is 13.0 Å². The Morgan fingerprint density at radius 2 is 2.20 bits per heavy atom. The van der Waals surface area contributed by atoms with Crippen molar-refractivity contribution in [1.29, 1.82) is 0 Å². The highest BCUT2D eigenvalue weighted by Gasteiger charge is 2.07. The van der Waals surface area contributed by atoms with Crippen LogP contribution in [0.1, 0.15) is 6.42 Å². The van der Waals surface area contributed by atoms with E-state index >= 15 is 0 Å². The van der Waals surface area contributed by atoms with E-state index in [0.717, 1.165) is 0 Å². The first-order chi connectivity index (χ1) is 4.68. The zero-order chi connectivity index (χ0) is 7.98. The maximum atomic E-state index is 10.1. The summed E-state index contributed by atoms with van der Waals surface area (Å²) in [5.41, 5.74) is 10.3. The van der Waals surface area contributed by atoms with Crippen molar-refractivity contribution < 1.29 is 9.90 Å². The van der Waals surface area contributed by atoms with Crippen LogP contribution in [0.25, 0.3) is 0 Å². The number of aliphatic carboxylic acids is 1. The Kier molecular flexibility index (Phi) is 4.53. The molecule has 58 valence electrons. The Morgan fingerprint density at radius 1 is 1.60 bits per heavy atom. The van der Waals surface area contributed by atoms with Gasteiger partial charge < -0.3 is 16.6 Å². The minimum absolute atomic E-state index is 0.340. The lowest BCUT2D eigenvalue weighted by Crippen LogP contribution is -2.29. The van der Waals surface area contributed by atoms with Gasteiger partial charge >= 0.3 is 5.97 Å². The van der Waals surface area contributed by atoms with Gasteiger partial charge in [-0.25, -0.2) is 0 Å². The summed E-state index contributed by atoms with van der Waals surface area (Å²) in [7, 11) is 0. The molecular formula is C6H12N2O2. The average molecular weight is 144 g/mol. The summed E-state index contributed by atoms with van der Waals surface area (Å²) in [6.45, 7) is 0.423. The van der Waals surface area contributed by atoms with E-state index in [1.807, 2.05) is 0 Å². The molecule has 0 amide bonds. The fraction of sp³-hybridized carbons (Fsp3) is 0.500. The highest BCUT2D eigenvalue weighted by molar-refractivity contribution is 5.73. The van der Waals surface area contributed by atoms with E-state index in [4.69, 9.17) is 16.6 Å². The van der Waals surface area contributed by atoms with Gasteiger partial charge in [0.15, 0.2) is 0 Å². The monoisotopic (exact) mass is 144 g/mol. The molecule has 0 aromatic heterocycles. The number of carboxylic acids is 1. The first-order valence-electron chi connectivity index (χ1n) is 3.02. The van der Waals surface area contributed by atoms with Crippen LogP contribution in [0.5, 0.6) is 0 Å². The molecule has 0 aliphatic rings. The fourth-order valence-electron chi connectivity index (χ4n) is 0.440. The Hall–Kier alpha value is -0.870. The van der Waals surface area contributed by atoms with Crippen molar-refractivity contribution in [3.63, 3.8) is 0 Å². The van der Waals surface area contributed by atoms with E-state index in [9.17, 15) is 4.79 Å². The highest BCUT2D eigenvalue weighted by atomic mass is 16.4. The van der Waals surface area contributed by atoms with Crippen molar-refractivity contribution in [2.45, 2.75) is 12.5 Å². The van der Waals surface area contributed by atoms with Crippen LogP contribution >= 0.6 is 0 Å². The summed E-state index contributed by atoms with van der Waals surface area (Å²) in [6.07, 6.45) is 3.69. The van der Waals surface area contributed by atoms with Crippen molar-refractivity contribution in [1.82, 2.24) is 0 Å². The molecule has 5 N–H and O–H groups in total. The molecule has 0 spiro atoms. The summed E-state index contributed by atoms with van der Waals surface area (Å²) < 4.78 is 0. The zero-order valence-corrected chi connectivity index (χ0v) is 5.66. The first-order valence-corrected chi connectivity index (χ1v) is 3.02. The van der Waals surface area contributed by atoms with Crippen LogP contribution < -0.4 is 11.5 Å². The molecule has 0 saturated carbocycles. The normalized spacial score (nSPS) is 13.8. The van der Waals surface area contributed by atoms with E-state index in [2.05, 4.69) is 0 Å². The van der Waals surface area contributed by atoms with E-state index in [1.54, 1.807) is 12.2 Å². The molecule has 4 heteroatoms. The fourth-order valence-corrected chi connectivity index (χ4v) is 0.440. The third-order valence-corrected chi connectivity index (χ3v) is 1.01. The molecule has 0 aromatic carbocycles. The maximum absolute atomic E-state index is 10.1. The predicted octanol–water partition coefficient (Wildman–Crippen LogP) is -0.697. The van der Waals surface area contributed by atoms with Gasteiger partial charge in [-0.15, -0.1) is 0 Å². The van der Waals surface area contributed by atoms with Crippen LogP contribution in [0, 0.1) is 0 Å². The number of hydrogen-bond donors (Lipinski definition) is 3. The summed E-state index contributed by atoms with van der Waals surface area (Å²) in [5.74, 6) is -0.985. The van der Waals surface area contributed by atoms with E-state index < -0.39 is 12.0 Å². The second-order valence-corrected chi connectivity index (χ2v) is 1.89. The topological polar surface area (TPSA) is 89.3 Å². The zero-order valence-electron chi connectivity index (χ0n) is 5.66. The molecular weight excluding hydrogens is 132 g/mol. The Balaban J connectivity index is 3.48. The summed E-state index contributed by atoms with van der Waals surface area (Å²) in [4.78, 5) is 10.1. The van der Waals surface area contributed by atoms with Crippen molar-refractivity contribution in [3.8, 4) is 0 Å². The van der Waals surface area contributed by atoms with Gasteiger partial charge in [-0.2, -0.15) is 0 Å². The second-order valence-electron chi connectivity index (χ2n) is 1.89. The highest BCUT2D eigenvalue weighted by Crippen LogP contribution is 1.88. The van der Waals surface area contributed by atoms with Gasteiger partial charge in [0.25, 0.3) is 0 Å². The lowest BCUT2D eigenvalue weighted by atomic mass is 10.2. The molecule has 0 heterocycles. The minimum atomic E-state index is -0.985. The molecule has 0 radical (unpaired) electrons. The number of carbonyl (C=O) groups is 1. The molecule has 0 unspecified atom stereocenters. The van der Waals surface area contributed by atoms with Gasteiger partial charge in [-0.1, -0.05) is 12.2 Å². The minimum Gasteiger partial charge on any atom is -0.480 e. The van der Waals surface area contributed by atoms with Crippen molar-refractivity contribution in [2.75, 3.05) is 6.54 Å². The van der Waals surface area contributed by atoms with Crippen LogP contribution in [0.3, 0.4) is 0 Å². The lowest BCUT2D eigenvalue weighted by molar-refractivity contribution is -0.138. The Bertz CT molecular complexity index is 134. The number of hydrogen-bond acceptors (Lipinski definition) is 3. The van der Waals surface area contributed by atoms with Crippen LogP contribution in [0.2, 0.25) is 0 Å². The van der Waals surface area contributed by atoms with E-state index in [-0.39, 0.29) is 0 Å². The van der Waals surface area contributed by atoms with Gasteiger partial charge in [-0.05, 0) is 6.42 Å². The molecule has 0 rings (SSSR count). The van der Waals surface area contributed by atoms with E-state index in [1.165, 1.54) is 0 Å². The predicted molar refractivity (Wildman–Crippen MR) is 38.4 cm³/mol. The molecule has 0 saturated heterocycles. The largest absolute Gasteiger partial charge is 0.480 e. The molecule has 4 nitrogen and oxygen atoms in total. The molecule has 1 atom stereocenters. The van der Waals surface area contributed by atoms with Gasteiger partial charge in [0.1, 0.15) is 6.04 Å². The summed E-state index contributed by atoms with van der Waals surface area (Å²) in [5, 5.41) is 8.29. The summed E-state index contributed by atoms with van der Waals surface area (Å²) in [6, 6.07) is -0.803. The van der Waals surface area contributed by atoms with Gasteiger partial charge in [0.2, 0.25) is 0 Å². The Morgan fingerprint density at radius 3 is 2.60 bits per heavy atom. The smallest absolute Gasteiger partial charge is 0.320 e. The molecule has 0 aliphatic heterocycles. The lowest BCUT2D eigenvalue weighted by Gasteiger charge is -1.99.